The predicted octanol–water partition coefficient (Wildman–Crippen LogP) is 5.77. The first kappa shape index (κ1) is 32.8. The monoisotopic (exact) mass is 654 g/mol. The molecule has 13 heteroatoms. The lowest BCUT2D eigenvalue weighted by molar-refractivity contribution is -0.192. The number of fused-ring (bicyclic) bond motifs is 3. The lowest BCUT2D eigenvalue weighted by Crippen LogP contribution is -2.46. The second-order valence-corrected chi connectivity index (χ2v) is 12.0. The Hall–Kier alpha value is -4.63. The second-order valence-electron chi connectivity index (χ2n) is 11.5. The van der Waals surface area contributed by atoms with Crippen molar-refractivity contribution in [3.8, 4) is 11.8 Å². The van der Waals surface area contributed by atoms with Gasteiger partial charge in [-0.25, -0.2) is 4.79 Å². The Bertz CT molecular complexity index is 1690. The molecule has 2 fully saturated rings. The number of likely N-dealkylation sites (tertiary alicyclic amines) is 2. The molecule has 2 saturated heterocycles. The summed E-state index contributed by atoms with van der Waals surface area (Å²) in [5.74, 6) is -2.05. The van der Waals surface area contributed by atoms with Crippen molar-refractivity contribution in [3.63, 3.8) is 0 Å². The summed E-state index contributed by atoms with van der Waals surface area (Å²) in [6.45, 7) is 3.84. The molecule has 2 atom stereocenters. The molecule has 0 radical (unpaired) electrons. The van der Waals surface area contributed by atoms with E-state index in [9.17, 15) is 28.0 Å². The average molecular weight is 655 g/mol. The third-order valence-corrected chi connectivity index (χ3v) is 8.97. The minimum absolute atomic E-state index is 0.113. The molecule has 9 nitrogen and oxygen atoms in total. The number of carbonyl (C=O) groups excluding carboxylic acids is 2. The minimum atomic E-state index is -5.08. The fraction of sp³-hybridized carbons (Fsp3) is 0.364. The summed E-state index contributed by atoms with van der Waals surface area (Å²) in [6, 6.07) is 19.6. The van der Waals surface area contributed by atoms with E-state index in [-0.39, 0.29) is 29.5 Å². The number of hydrogen-bond acceptors (Lipinski definition) is 6. The van der Waals surface area contributed by atoms with E-state index in [0.29, 0.717) is 49.6 Å². The first-order chi connectivity index (χ1) is 21.8. The van der Waals surface area contributed by atoms with Crippen molar-refractivity contribution in [1.29, 1.82) is 5.26 Å². The Morgan fingerprint density at radius 2 is 1.72 bits per heavy atom. The van der Waals surface area contributed by atoms with Crippen molar-refractivity contribution in [2.75, 3.05) is 26.2 Å². The van der Waals surface area contributed by atoms with E-state index in [4.69, 9.17) is 26.2 Å². The number of amides is 2. The van der Waals surface area contributed by atoms with Gasteiger partial charge in [-0.2, -0.15) is 18.4 Å². The molecule has 46 heavy (non-hydrogen) atoms. The van der Waals surface area contributed by atoms with E-state index in [2.05, 4.69) is 11.1 Å². The molecule has 0 aliphatic carbocycles. The molecule has 2 amide bonds. The number of ether oxygens (including phenoxy) is 1. The number of carboxylic acids is 1. The lowest BCUT2D eigenvalue weighted by atomic mass is 9.74. The van der Waals surface area contributed by atoms with Crippen molar-refractivity contribution in [2.45, 2.75) is 49.8 Å². The van der Waals surface area contributed by atoms with Gasteiger partial charge < -0.3 is 19.6 Å². The maximum atomic E-state index is 13.6. The third-order valence-electron chi connectivity index (χ3n) is 8.74. The van der Waals surface area contributed by atoms with Crippen LogP contribution in [0.1, 0.15) is 62.7 Å². The lowest BCUT2D eigenvalue weighted by Gasteiger charge is -2.37. The molecule has 240 valence electrons. The maximum Gasteiger partial charge on any atom is 0.490 e. The summed E-state index contributed by atoms with van der Waals surface area (Å²) in [4.78, 5) is 43.9. The Morgan fingerprint density at radius 3 is 2.35 bits per heavy atom. The van der Waals surface area contributed by atoms with E-state index in [1.807, 2.05) is 60.4 Å². The van der Waals surface area contributed by atoms with Crippen LogP contribution in [-0.4, -0.2) is 76.1 Å². The highest BCUT2D eigenvalue weighted by Crippen LogP contribution is 2.44. The minimum Gasteiger partial charge on any atom is -0.488 e. The molecule has 2 aromatic carbocycles. The number of carbonyl (C=O) groups is 3. The average Bonchev–Trinajstić information content (AvgIpc) is 3.41. The van der Waals surface area contributed by atoms with Gasteiger partial charge in [0.2, 0.25) is 0 Å². The first-order valence-corrected chi connectivity index (χ1v) is 15.0. The van der Waals surface area contributed by atoms with Crippen LogP contribution in [0.2, 0.25) is 5.02 Å². The number of pyridine rings is 1. The number of halogens is 4. The van der Waals surface area contributed by atoms with Crippen molar-refractivity contribution < 1.29 is 37.4 Å². The zero-order valence-electron chi connectivity index (χ0n) is 24.8. The van der Waals surface area contributed by atoms with E-state index >= 15 is 0 Å². The molecule has 3 aliphatic rings. The van der Waals surface area contributed by atoms with Crippen LogP contribution in [0, 0.1) is 18.3 Å². The normalized spacial score (nSPS) is 19.8. The molecule has 0 spiro atoms. The quantitative estimate of drug-likeness (QED) is 0.381. The molecular weight excluding hydrogens is 625 g/mol. The number of piperidine rings is 2. The third kappa shape index (κ3) is 6.65. The van der Waals surface area contributed by atoms with Crippen molar-refractivity contribution >= 4 is 29.4 Å². The zero-order chi connectivity index (χ0) is 33.2. The molecule has 4 heterocycles. The molecular formula is C33H30ClF3N4O5. The van der Waals surface area contributed by atoms with Crippen LogP contribution in [0.3, 0.4) is 0 Å². The van der Waals surface area contributed by atoms with Crippen LogP contribution in [0.15, 0.2) is 60.8 Å². The van der Waals surface area contributed by atoms with Crippen molar-refractivity contribution in [3.05, 3.63) is 93.8 Å². The smallest absolute Gasteiger partial charge is 0.488 e. The van der Waals surface area contributed by atoms with Gasteiger partial charge in [0.05, 0.1) is 18.0 Å². The number of nitriles is 1. The summed E-state index contributed by atoms with van der Waals surface area (Å²) < 4.78 is 37.9. The molecule has 6 rings (SSSR count). The molecule has 3 aliphatic heterocycles. The summed E-state index contributed by atoms with van der Waals surface area (Å²) >= 11 is 6.15. The SMILES string of the molecule is Cc1cnc(C(=O)N2CCC(C#N)(c3ccccc3)CC2)cc1C(=O)N1CCC2c3ccc(Cl)cc3OC2C1.O=C(O)C(F)(F)F. The number of carboxylic acid groups (broad SMARTS) is 1. The van der Waals surface area contributed by atoms with Gasteiger partial charge in [0.25, 0.3) is 11.8 Å². The van der Waals surface area contributed by atoms with E-state index < -0.39 is 17.6 Å². The van der Waals surface area contributed by atoms with Gasteiger partial charge in [-0.3, -0.25) is 14.6 Å². The highest BCUT2D eigenvalue weighted by molar-refractivity contribution is 6.30. The van der Waals surface area contributed by atoms with Gasteiger partial charge in [-0.05, 0) is 55.5 Å². The summed E-state index contributed by atoms with van der Waals surface area (Å²) in [5, 5.41) is 17.7. The van der Waals surface area contributed by atoms with Gasteiger partial charge in [0.1, 0.15) is 17.5 Å². The van der Waals surface area contributed by atoms with Gasteiger partial charge in [-0.15, -0.1) is 0 Å². The van der Waals surface area contributed by atoms with E-state index in [1.54, 1.807) is 17.2 Å². The van der Waals surface area contributed by atoms with Crippen molar-refractivity contribution in [2.24, 2.45) is 0 Å². The second kappa shape index (κ2) is 13.0. The van der Waals surface area contributed by atoms with Crippen molar-refractivity contribution in [1.82, 2.24) is 14.8 Å². The Balaban J connectivity index is 0.000000537. The molecule has 1 N–H and O–H groups in total. The molecule has 0 saturated carbocycles. The fourth-order valence-electron chi connectivity index (χ4n) is 6.17. The number of nitrogens with zero attached hydrogens (tertiary/aromatic N) is 4. The highest BCUT2D eigenvalue weighted by Gasteiger charge is 2.41. The van der Waals surface area contributed by atoms with E-state index in [1.165, 1.54) is 0 Å². The summed E-state index contributed by atoms with van der Waals surface area (Å²) in [6.07, 6.45) is -1.68. The van der Waals surface area contributed by atoms with Crippen LogP contribution in [0.25, 0.3) is 0 Å². The number of aromatic nitrogens is 1. The first-order valence-electron chi connectivity index (χ1n) is 14.6. The van der Waals surface area contributed by atoms with Crippen LogP contribution in [0.5, 0.6) is 5.75 Å². The number of aliphatic carboxylic acids is 1. The van der Waals surface area contributed by atoms with Gasteiger partial charge in [0.15, 0.2) is 0 Å². The number of hydrogen-bond donors (Lipinski definition) is 1. The molecule has 2 unspecified atom stereocenters. The molecule has 3 aromatic rings. The number of rotatable bonds is 3. The zero-order valence-corrected chi connectivity index (χ0v) is 25.5. The van der Waals surface area contributed by atoms with Gasteiger partial charge in [0, 0.05) is 47.9 Å². The maximum absolute atomic E-state index is 13.6. The van der Waals surface area contributed by atoms with Gasteiger partial charge in [-0.1, -0.05) is 48.0 Å². The predicted molar refractivity (Wildman–Crippen MR) is 161 cm³/mol. The number of benzene rings is 2. The Kier molecular flexibility index (Phi) is 9.26. The van der Waals surface area contributed by atoms with Crippen LogP contribution < -0.4 is 4.74 Å². The number of aryl methyl sites for hydroxylation is 1. The standard InChI is InChI=1S/C31H29ClN4O3.C2HF3O2/c1-20-17-34-26(30(38)35-13-10-31(19-33,11-14-35)21-5-3-2-4-6-21)16-25(20)29(37)36-12-9-24-23-8-7-22(32)15-27(23)39-28(24)18-36;3-2(4,5)1(6)7/h2-8,15-17,24,28H,9-14,18H2,1H3;(H,6,7). The molecule has 1 aromatic heterocycles. The van der Waals surface area contributed by atoms with Crippen LogP contribution in [0.4, 0.5) is 13.2 Å². The Morgan fingerprint density at radius 1 is 1.04 bits per heavy atom. The summed E-state index contributed by atoms with van der Waals surface area (Å²) in [5.41, 5.74) is 3.01. The largest absolute Gasteiger partial charge is 0.490 e. The van der Waals surface area contributed by atoms with Crippen LogP contribution in [-0.2, 0) is 10.2 Å². The molecule has 0 bridgehead atoms. The topological polar surface area (TPSA) is 124 Å². The number of alkyl halides is 3. The van der Waals surface area contributed by atoms with Crippen LogP contribution >= 0.6 is 11.6 Å². The summed E-state index contributed by atoms with van der Waals surface area (Å²) in [7, 11) is 0. The Labute approximate surface area is 268 Å². The van der Waals surface area contributed by atoms with E-state index in [0.717, 1.165) is 28.9 Å². The highest BCUT2D eigenvalue weighted by atomic mass is 35.5. The van der Waals surface area contributed by atoms with Gasteiger partial charge >= 0.3 is 12.1 Å². The fourth-order valence-corrected chi connectivity index (χ4v) is 6.34.